The number of carboxylic acids is 4. The summed E-state index contributed by atoms with van der Waals surface area (Å²) in [5.41, 5.74) is 9.96. The van der Waals surface area contributed by atoms with Crippen LogP contribution in [0, 0.1) is 17.8 Å². The normalized spacial score (nSPS) is 18.8. The number of hydrogen-bond acceptors (Lipinski definition) is 21. The Bertz CT molecular complexity index is 4330. The summed E-state index contributed by atoms with van der Waals surface area (Å²) in [5.74, 6) is -26.0. The molecule has 42 heteroatoms. The van der Waals surface area contributed by atoms with Gasteiger partial charge in [0.1, 0.15) is 72.5 Å². The summed E-state index contributed by atoms with van der Waals surface area (Å²) >= 11 is 0. The number of aliphatic hydroxyl groups excluding tert-OH is 1. The maximum absolute atomic E-state index is 15.2. The predicted molar refractivity (Wildman–Crippen MR) is 418 cm³/mol. The Morgan fingerprint density at radius 1 is 0.508 bits per heavy atom. The third-order valence-corrected chi connectivity index (χ3v) is 18.8. The van der Waals surface area contributed by atoms with Crippen molar-refractivity contribution in [3.8, 4) is 0 Å². The Labute approximate surface area is 677 Å². The Kier molecular flexibility index (Phi) is 37.1. The number of nitrogens with one attached hydrogen (secondary N) is 16. The van der Waals surface area contributed by atoms with Crippen LogP contribution in [0.5, 0.6) is 0 Å². The number of benzene rings is 2. The number of amides is 15. The highest BCUT2D eigenvalue weighted by Crippen LogP contribution is 2.23. The molecule has 13 atom stereocenters. The van der Waals surface area contributed by atoms with Gasteiger partial charge in [-0.3, -0.25) is 86.3 Å². The number of primary amides is 1. The monoisotopic (exact) mass is 1660 g/mol. The first-order valence-corrected chi connectivity index (χ1v) is 38.3. The van der Waals surface area contributed by atoms with E-state index in [4.69, 9.17) is 11.5 Å². The van der Waals surface area contributed by atoms with E-state index in [0.717, 1.165) is 13.8 Å². The summed E-state index contributed by atoms with van der Waals surface area (Å²) in [4.78, 5) is 270. The molecule has 0 aliphatic carbocycles. The number of aromatic amines is 2. The molecular weight excluding hydrogens is 1550 g/mol. The average molecular weight is 1660 g/mol. The van der Waals surface area contributed by atoms with Gasteiger partial charge >= 0.3 is 23.9 Å². The molecule has 25 N–H and O–H groups in total. The van der Waals surface area contributed by atoms with Gasteiger partial charge < -0.3 is 121 Å². The molecule has 3 unspecified atom stereocenters. The summed E-state index contributed by atoms with van der Waals surface area (Å²) in [6.07, 6.45) is -4.56. The zero-order valence-electron chi connectivity index (χ0n) is 66.6. The van der Waals surface area contributed by atoms with Crippen LogP contribution in [0.15, 0.2) is 60.9 Å². The molecular formula is C76H108N18O24. The molecule has 1 aliphatic heterocycles. The maximum Gasteiger partial charge on any atom is 0.326 e. The maximum atomic E-state index is 15.2. The van der Waals surface area contributed by atoms with E-state index in [-0.39, 0.29) is 57.4 Å². The fraction of sp³-hybridized carbons (Fsp3) is 0.539. The number of aliphatic hydroxyl groups is 1. The minimum Gasteiger partial charge on any atom is -0.481 e. The first-order valence-electron chi connectivity index (χ1n) is 38.3. The van der Waals surface area contributed by atoms with Crippen molar-refractivity contribution < 1.29 is 117 Å². The second kappa shape index (κ2) is 45.6. The van der Waals surface area contributed by atoms with E-state index < -0.39 is 260 Å². The van der Waals surface area contributed by atoms with Crippen molar-refractivity contribution in [2.24, 2.45) is 29.2 Å². The molecule has 2 aromatic heterocycles. The zero-order chi connectivity index (χ0) is 88.0. The number of para-hydroxylation sites is 2. The molecule has 0 spiro atoms. The number of carbonyl (C=O) groups excluding carboxylic acids is 15. The van der Waals surface area contributed by atoms with Crippen molar-refractivity contribution >= 4 is 134 Å². The van der Waals surface area contributed by atoms with Gasteiger partial charge in [-0.05, 0) is 106 Å². The van der Waals surface area contributed by atoms with Gasteiger partial charge in [-0.2, -0.15) is 0 Å². The van der Waals surface area contributed by atoms with Crippen molar-refractivity contribution in [1.29, 1.82) is 0 Å². The van der Waals surface area contributed by atoms with Gasteiger partial charge in [-0.1, -0.05) is 77.9 Å². The highest BCUT2D eigenvalue weighted by atomic mass is 16.4. The van der Waals surface area contributed by atoms with Crippen LogP contribution in [0.4, 0.5) is 0 Å². The molecule has 118 heavy (non-hydrogen) atoms. The molecule has 3 heterocycles. The summed E-state index contributed by atoms with van der Waals surface area (Å²) < 4.78 is 0. The molecule has 0 saturated carbocycles. The number of carbonyl (C=O) groups is 19. The predicted octanol–water partition coefficient (Wildman–Crippen LogP) is -3.95. The minimum atomic E-state index is -3.08. The third kappa shape index (κ3) is 30.5. The molecule has 2 aromatic carbocycles. The first kappa shape index (κ1) is 96.0. The van der Waals surface area contributed by atoms with Gasteiger partial charge in [-0.15, -0.1) is 0 Å². The summed E-state index contributed by atoms with van der Waals surface area (Å²) in [7, 11) is 0. The zero-order valence-corrected chi connectivity index (χ0v) is 66.6. The second-order valence-corrected chi connectivity index (χ2v) is 30.2. The fourth-order valence-corrected chi connectivity index (χ4v) is 12.9. The molecule has 15 amide bonds. The number of H-pyrrole nitrogens is 2. The summed E-state index contributed by atoms with van der Waals surface area (Å²) in [6, 6.07) is -8.57. The van der Waals surface area contributed by atoms with Crippen LogP contribution in [0.25, 0.3) is 21.8 Å². The second-order valence-electron chi connectivity index (χ2n) is 30.2. The van der Waals surface area contributed by atoms with Crippen molar-refractivity contribution in [3.05, 3.63) is 72.1 Å². The third-order valence-electron chi connectivity index (χ3n) is 18.8. The Hall–Kier alpha value is -12.6. The summed E-state index contributed by atoms with van der Waals surface area (Å²) in [6.45, 7) is 10.4. The number of nitrogens with two attached hydrogens (primary N) is 2. The van der Waals surface area contributed by atoms with Crippen LogP contribution < -0.4 is 85.9 Å². The van der Waals surface area contributed by atoms with Gasteiger partial charge in [0.15, 0.2) is 5.66 Å². The Morgan fingerprint density at radius 2 is 0.949 bits per heavy atom. The standard InChI is InChI=1S/C76H108N18O24/c1-36(2)25-49(85-66(108)50(26-37(3)4)84-64(106)47(81-39(7)96)20-22-60(99)100)65(107)83-48(21-23-61(101)102)73(115)94-76(8)75(118)92-55(32-62(103)104)71(113)82-46(19-13-14-24-77)63(105)87-52(28-40-33-79-44-17-11-9-15-42(40)44)68(110)89-54(31-59(98)93-76)70(112)91-57(35-95)72(114)86-51(27-38(5)6)67(109)88-53(69(111)90-56(74(116)117)30-58(78)97)29-41-34-80-45-18-12-10-16-43(41)45/h9-12,15-18,33-34,36-38,46-57,79-80,95H,13-14,19-32,35,77H2,1-8H3,(H2,78,97)(H,81,96)(H,82,113)(H,83,107)(H,84,106)(H,85,108)(H,86,114)(H,87,105)(H,88,109)(H,89,110)(H,90,111)(H,91,112)(H,92,118)(H,93,98)(H,94,115)(H,99,100)(H,101,102)(H,103,104)(H,116,117)/t46?,47-,48-,49-,50-,51-,52-,53-,54?,55?,56-,57-,76+/m0/s1. The van der Waals surface area contributed by atoms with Crippen LogP contribution in [-0.2, 0) is 104 Å². The van der Waals surface area contributed by atoms with Crippen molar-refractivity contribution in [3.63, 3.8) is 0 Å². The topological polar surface area (TPSA) is 678 Å². The number of hydrogen-bond donors (Lipinski definition) is 23. The van der Waals surface area contributed by atoms with Crippen LogP contribution in [0.2, 0.25) is 0 Å². The van der Waals surface area contributed by atoms with Crippen LogP contribution >= 0.6 is 0 Å². The molecule has 0 radical (unpaired) electrons. The number of aromatic nitrogens is 2. The molecule has 1 aliphatic rings. The van der Waals surface area contributed by atoms with E-state index >= 15 is 24.0 Å². The van der Waals surface area contributed by atoms with Gasteiger partial charge in [0, 0.05) is 66.8 Å². The first-order chi connectivity index (χ1) is 55.5. The number of aliphatic carboxylic acids is 4. The molecule has 646 valence electrons. The average Bonchev–Trinajstić information content (AvgIpc) is 1.53. The lowest BCUT2D eigenvalue weighted by atomic mass is 9.99. The highest BCUT2D eigenvalue weighted by Gasteiger charge is 2.45. The van der Waals surface area contributed by atoms with E-state index in [1.807, 2.05) is 0 Å². The number of fused-ring (bicyclic) bond motifs is 2. The number of rotatable bonds is 43. The lowest BCUT2D eigenvalue weighted by molar-refractivity contribution is -0.145. The molecule has 1 fully saturated rings. The van der Waals surface area contributed by atoms with E-state index in [2.05, 4.69) is 84.4 Å². The van der Waals surface area contributed by atoms with E-state index in [1.54, 1.807) is 90.1 Å². The minimum absolute atomic E-state index is 0.0595. The van der Waals surface area contributed by atoms with Crippen LogP contribution in [0.3, 0.4) is 0 Å². The Morgan fingerprint density at radius 3 is 1.43 bits per heavy atom. The van der Waals surface area contributed by atoms with E-state index in [1.165, 1.54) is 12.4 Å². The Balaban J connectivity index is 1.62. The molecule has 4 aromatic rings. The molecule has 5 rings (SSSR count). The largest absolute Gasteiger partial charge is 0.481 e. The van der Waals surface area contributed by atoms with E-state index in [9.17, 15) is 92.7 Å². The quantitative estimate of drug-likeness (QED) is 0.0188. The van der Waals surface area contributed by atoms with Crippen molar-refractivity contribution in [1.82, 2.24) is 84.4 Å². The number of carboxylic acid groups (broad SMARTS) is 4. The lowest BCUT2D eigenvalue weighted by Crippen LogP contribution is -2.71. The summed E-state index contributed by atoms with van der Waals surface area (Å²) in [5, 5.41) is 84.6. The number of unbranched alkanes of at least 4 members (excludes halogenated alkanes) is 1. The SMILES string of the molecule is CC(=O)N[C@@H](CCC(=O)O)C(=O)N[C@@H](CC(C)C)C(=O)N[C@@H](CC(C)C)C(=O)N[C@@H](CCC(=O)O)C(=O)N[C@@]1(C)NC(=O)CC(C(=O)N[C@@H](CO)C(=O)N[C@@H](CC(C)C)C(=O)N[C@@H](Cc2c[nH]c3ccccc23)C(=O)N[C@@H](CC(N)=O)C(=O)O)NC(=O)[C@H](Cc2c[nH]c3ccccc23)NC(=O)C(CCCCN)NC(=O)C(CC(=O)O)NC1=O. The lowest BCUT2D eigenvalue weighted by Gasteiger charge is -2.35. The van der Waals surface area contributed by atoms with Crippen molar-refractivity contribution in [2.45, 2.75) is 230 Å². The molecule has 1 saturated heterocycles. The molecule has 0 bridgehead atoms. The molecule has 42 nitrogen and oxygen atoms in total. The van der Waals surface area contributed by atoms with Gasteiger partial charge in [0.2, 0.25) is 82.7 Å². The smallest absolute Gasteiger partial charge is 0.326 e. The van der Waals surface area contributed by atoms with Crippen molar-refractivity contribution in [2.75, 3.05) is 13.2 Å². The highest BCUT2D eigenvalue weighted by molar-refractivity contribution is 6.04. The van der Waals surface area contributed by atoms with Gasteiger partial charge in [0.25, 0.3) is 5.91 Å². The fourth-order valence-electron chi connectivity index (χ4n) is 12.9. The van der Waals surface area contributed by atoms with Crippen LogP contribution in [-0.4, -0.2) is 239 Å². The van der Waals surface area contributed by atoms with Gasteiger partial charge in [0.05, 0.1) is 25.9 Å². The van der Waals surface area contributed by atoms with Crippen LogP contribution in [0.1, 0.15) is 150 Å². The van der Waals surface area contributed by atoms with Gasteiger partial charge in [-0.25, -0.2) is 4.79 Å². The van der Waals surface area contributed by atoms with E-state index in [0.29, 0.717) is 32.9 Å².